The second kappa shape index (κ2) is 10.3. The first-order valence-corrected chi connectivity index (χ1v) is 11.0. The van der Waals surface area contributed by atoms with Gasteiger partial charge in [-0.3, -0.25) is 4.99 Å². The number of aliphatic hydroxyl groups excluding tert-OH is 1. The monoisotopic (exact) mass is 403 g/mol. The minimum absolute atomic E-state index is 0.0369. The van der Waals surface area contributed by atoms with Gasteiger partial charge in [-0.1, -0.05) is 31.0 Å². The van der Waals surface area contributed by atoms with Crippen LogP contribution in [0.2, 0.25) is 0 Å². The van der Waals surface area contributed by atoms with Crippen LogP contribution < -0.4 is 15.4 Å². The highest BCUT2D eigenvalue weighted by Gasteiger charge is 2.38. The fourth-order valence-corrected chi connectivity index (χ4v) is 4.80. The zero-order valence-corrected chi connectivity index (χ0v) is 18.0. The van der Waals surface area contributed by atoms with Gasteiger partial charge >= 0.3 is 0 Å². The lowest BCUT2D eigenvalue weighted by Gasteiger charge is -2.32. The second-order valence-electron chi connectivity index (χ2n) is 8.51. The summed E-state index contributed by atoms with van der Waals surface area (Å²) in [6.07, 6.45) is 6.49. The molecule has 3 N–H and O–H groups in total. The number of para-hydroxylation sites is 1. The van der Waals surface area contributed by atoms with Gasteiger partial charge in [0.2, 0.25) is 0 Å². The van der Waals surface area contributed by atoms with E-state index in [1.165, 1.54) is 18.4 Å². The maximum atomic E-state index is 9.47. The number of hydrogen-bond donors (Lipinski definition) is 3. The smallest absolute Gasteiger partial charge is 0.191 e. The van der Waals surface area contributed by atoms with Gasteiger partial charge in [0.1, 0.15) is 5.75 Å². The Morgan fingerprint density at radius 1 is 1.21 bits per heavy atom. The molecule has 6 heteroatoms. The maximum Gasteiger partial charge on any atom is 0.191 e. The van der Waals surface area contributed by atoms with Gasteiger partial charge < -0.3 is 25.2 Å². The Morgan fingerprint density at radius 2 is 2.00 bits per heavy atom. The van der Waals surface area contributed by atoms with Gasteiger partial charge in [-0.15, -0.1) is 0 Å². The van der Waals surface area contributed by atoms with Crippen LogP contribution >= 0.6 is 0 Å². The molecule has 1 saturated heterocycles. The van der Waals surface area contributed by atoms with Crippen LogP contribution in [0, 0.1) is 5.41 Å². The molecule has 162 valence electrons. The van der Waals surface area contributed by atoms with Crippen molar-refractivity contribution in [3.8, 4) is 5.75 Å². The highest BCUT2D eigenvalue weighted by molar-refractivity contribution is 5.80. The lowest BCUT2D eigenvalue weighted by atomic mass is 9.78. The Labute approximate surface area is 175 Å². The van der Waals surface area contributed by atoms with Crippen molar-refractivity contribution < 1.29 is 14.6 Å². The summed E-state index contributed by atoms with van der Waals surface area (Å²) < 4.78 is 11.3. The number of aliphatic hydroxyl groups is 1. The number of guanidine groups is 1. The molecule has 6 nitrogen and oxygen atoms in total. The molecule has 0 aromatic heterocycles. The Hall–Kier alpha value is -1.79. The lowest BCUT2D eigenvalue weighted by molar-refractivity contribution is 0.131. The number of nitrogens with zero attached hydrogens (tertiary/aromatic N) is 1. The van der Waals surface area contributed by atoms with Crippen molar-refractivity contribution in [3.63, 3.8) is 0 Å². The molecule has 1 atom stereocenters. The summed E-state index contributed by atoms with van der Waals surface area (Å²) in [7, 11) is 1.75. The Morgan fingerprint density at radius 3 is 2.66 bits per heavy atom. The van der Waals surface area contributed by atoms with Crippen LogP contribution in [0.3, 0.4) is 0 Å². The number of nitrogens with one attached hydrogen (secondary N) is 2. The van der Waals surface area contributed by atoms with E-state index < -0.39 is 0 Å². The van der Waals surface area contributed by atoms with Gasteiger partial charge in [-0.2, -0.15) is 0 Å². The molecule has 1 heterocycles. The summed E-state index contributed by atoms with van der Waals surface area (Å²) in [5.41, 5.74) is 1.33. The largest absolute Gasteiger partial charge is 0.496 e. The van der Waals surface area contributed by atoms with E-state index in [2.05, 4.69) is 35.8 Å². The molecule has 2 fully saturated rings. The molecule has 1 saturated carbocycles. The van der Waals surface area contributed by atoms with Crippen LogP contribution in [0.4, 0.5) is 0 Å². The highest BCUT2D eigenvalue weighted by Crippen LogP contribution is 2.44. The first-order valence-electron chi connectivity index (χ1n) is 11.0. The topological polar surface area (TPSA) is 75.1 Å². The van der Waals surface area contributed by atoms with Gasteiger partial charge in [0, 0.05) is 42.7 Å². The Kier molecular flexibility index (Phi) is 7.78. The predicted octanol–water partition coefficient (Wildman–Crippen LogP) is 2.85. The van der Waals surface area contributed by atoms with E-state index in [0.29, 0.717) is 13.2 Å². The maximum absolute atomic E-state index is 9.47. The SMILES string of the molecule is CCNC(=NCC1(CCO)CCOC1)NCC1(c2ccccc2OC)CCCC1. The molecule has 1 unspecified atom stereocenters. The van der Waals surface area contributed by atoms with Crippen LogP contribution in [-0.4, -0.2) is 57.6 Å². The average molecular weight is 404 g/mol. The minimum atomic E-state index is -0.0369. The standard InChI is InChI=1S/C23H37N3O3/c1-3-24-21(25-16-22(12-14-27)13-15-29-18-22)26-17-23(10-6-7-11-23)19-8-4-5-9-20(19)28-2/h4-5,8-9,27H,3,6-7,10-18H2,1-2H3,(H2,24,25,26). The molecule has 0 bridgehead atoms. The highest BCUT2D eigenvalue weighted by atomic mass is 16.5. The quantitative estimate of drug-likeness (QED) is 0.437. The molecule has 1 aliphatic heterocycles. The fraction of sp³-hybridized carbons (Fsp3) is 0.696. The summed E-state index contributed by atoms with van der Waals surface area (Å²) in [5, 5.41) is 16.5. The summed E-state index contributed by atoms with van der Waals surface area (Å²) in [4.78, 5) is 4.89. The third-order valence-electron chi connectivity index (χ3n) is 6.58. The van der Waals surface area contributed by atoms with E-state index in [1.54, 1.807) is 7.11 Å². The van der Waals surface area contributed by atoms with Gasteiger partial charge in [-0.05, 0) is 38.7 Å². The predicted molar refractivity (Wildman–Crippen MR) is 117 cm³/mol. The molecule has 29 heavy (non-hydrogen) atoms. The normalized spacial score (nSPS) is 23.9. The van der Waals surface area contributed by atoms with E-state index in [1.807, 2.05) is 6.07 Å². The molecule has 0 amide bonds. The van der Waals surface area contributed by atoms with Crippen LogP contribution in [0.1, 0.15) is 51.0 Å². The molecular weight excluding hydrogens is 366 g/mol. The van der Waals surface area contributed by atoms with E-state index in [4.69, 9.17) is 14.5 Å². The van der Waals surface area contributed by atoms with Crippen molar-refractivity contribution >= 4 is 5.96 Å². The third kappa shape index (κ3) is 5.23. The van der Waals surface area contributed by atoms with E-state index >= 15 is 0 Å². The summed E-state index contributed by atoms with van der Waals surface area (Å²) >= 11 is 0. The molecule has 1 aliphatic carbocycles. The number of benzene rings is 1. The van der Waals surface area contributed by atoms with Crippen molar-refractivity contribution in [2.45, 2.75) is 50.9 Å². The zero-order chi connectivity index (χ0) is 20.6. The zero-order valence-electron chi connectivity index (χ0n) is 18.0. The van der Waals surface area contributed by atoms with Crippen molar-refractivity contribution in [2.24, 2.45) is 10.4 Å². The van der Waals surface area contributed by atoms with Gasteiger partial charge in [0.05, 0.1) is 20.3 Å². The third-order valence-corrected chi connectivity index (χ3v) is 6.58. The first kappa shape index (κ1) is 21.9. The van der Waals surface area contributed by atoms with Gasteiger partial charge in [-0.25, -0.2) is 0 Å². The number of hydrogen-bond acceptors (Lipinski definition) is 4. The lowest BCUT2D eigenvalue weighted by Crippen LogP contribution is -2.45. The number of methoxy groups -OCH3 is 1. The minimum Gasteiger partial charge on any atom is -0.496 e. The Balaban J connectivity index is 1.74. The molecule has 1 aromatic rings. The van der Waals surface area contributed by atoms with Crippen molar-refractivity contribution in [1.29, 1.82) is 0 Å². The van der Waals surface area contributed by atoms with Gasteiger partial charge in [0.15, 0.2) is 5.96 Å². The van der Waals surface area contributed by atoms with E-state index in [0.717, 1.165) is 57.1 Å². The van der Waals surface area contributed by atoms with Crippen molar-refractivity contribution in [1.82, 2.24) is 10.6 Å². The van der Waals surface area contributed by atoms with Crippen LogP contribution in [0.5, 0.6) is 5.75 Å². The summed E-state index contributed by atoms with van der Waals surface area (Å²) in [6, 6.07) is 8.42. The molecular formula is C23H37N3O3. The first-order chi connectivity index (χ1) is 14.2. The van der Waals surface area contributed by atoms with Crippen LogP contribution in [0.15, 0.2) is 29.3 Å². The van der Waals surface area contributed by atoms with Crippen molar-refractivity contribution in [2.75, 3.05) is 46.6 Å². The summed E-state index contributed by atoms with van der Waals surface area (Å²) in [6.45, 7) is 6.03. The molecule has 0 radical (unpaired) electrons. The number of rotatable bonds is 9. The van der Waals surface area contributed by atoms with Crippen LogP contribution in [-0.2, 0) is 10.2 Å². The molecule has 3 rings (SSSR count). The second-order valence-corrected chi connectivity index (χ2v) is 8.51. The summed E-state index contributed by atoms with van der Waals surface area (Å²) in [5.74, 6) is 1.82. The molecule has 2 aliphatic rings. The number of ether oxygens (including phenoxy) is 2. The number of aliphatic imine (C=N–C) groups is 1. The van der Waals surface area contributed by atoms with E-state index in [-0.39, 0.29) is 17.4 Å². The van der Waals surface area contributed by atoms with Crippen LogP contribution in [0.25, 0.3) is 0 Å². The van der Waals surface area contributed by atoms with E-state index in [9.17, 15) is 5.11 Å². The average Bonchev–Trinajstić information content (AvgIpc) is 3.41. The van der Waals surface area contributed by atoms with Crippen molar-refractivity contribution in [3.05, 3.63) is 29.8 Å². The molecule has 0 spiro atoms. The fourth-order valence-electron chi connectivity index (χ4n) is 4.80. The Bertz CT molecular complexity index is 665. The molecule has 1 aromatic carbocycles. The van der Waals surface area contributed by atoms with Gasteiger partial charge in [0.25, 0.3) is 0 Å².